The average molecular weight is 333 g/mol. The van der Waals surface area contributed by atoms with Crippen LogP contribution in [0.2, 0.25) is 5.02 Å². The van der Waals surface area contributed by atoms with Crippen molar-refractivity contribution >= 4 is 27.6 Å². The highest BCUT2D eigenvalue weighted by molar-refractivity contribution is 7.89. The van der Waals surface area contributed by atoms with E-state index in [9.17, 15) is 13.2 Å². The number of methoxy groups -OCH3 is 1. The van der Waals surface area contributed by atoms with Crippen molar-refractivity contribution in [3.63, 3.8) is 0 Å². The Hall–Kier alpha value is -1.15. The summed E-state index contributed by atoms with van der Waals surface area (Å²) in [4.78, 5) is 11.6. The van der Waals surface area contributed by atoms with Gasteiger partial charge in [-0.3, -0.25) is 0 Å². The van der Waals surface area contributed by atoms with Crippen molar-refractivity contribution in [1.82, 2.24) is 10.0 Å². The fourth-order valence-electron chi connectivity index (χ4n) is 2.24. The summed E-state index contributed by atoms with van der Waals surface area (Å²) in [5, 5.41) is 3.40. The largest absolute Gasteiger partial charge is 0.465 e. The Labute approximate surface area is 128 Å². The average Bonchev–Trinajstić information content (AvgIpc) is 2.46. The zero-order valence-corrected chi connectivity index (χ0v) is 13.1. The third kappa shape index (κ3) is 3.94. The van der Waals surface area contributed by atoms with Crippen molar-refractivity contribution < 1.29 is 17.9 Å². The van der Waals surface area contributed by atoms with Crippen LogP contribution in [0.3, 0.4) is 0 Å². The monoisotopic (exact) mass is 332 g/mol. The number of hydrogen-bond acceptors (Lipinski definition) is 5. The summed E-state index contributed by atoms with van der Waals surface area (Å²) in [6.07, 6.45) is 1.66. The summed E-state index contributed by atoms with van der Waals surface area (Å²) >= 11 is 5.83. The molecule has 8 heteroatoms. The van der Waals surface area contributed by atoms with Crippen LogP contribution in [0.15, 0.2) is 23.1 Å². The van der Waals surface area contributed by atoms with E-state index in [-0.39, 0.29) is 21.5 Å². The quantitative estimate of drug-likeness (QED) is 0.808. The molecule has 2 N–H and O–H groups in total. The van der Waals surface area contributed by atoms with E-state index in [0.29, 0.717) is 6.54 Å². The molecule has 1 heterocycles. The molecular formula is C13H17ClN2O4S. The van der Waals surface area contributed by atoms with Crippen LogP contribution in [0, 0.1) is 0 Å². The zero-order valence-electron chi connectivity index (χ0n) is 11.6. The lowest BCUT2D eigenvalue weighted by atomic mass is 10.1. The summed E-state index contributed by atoms with van der Waals surface area (Å²) in [7, 11) is -2.62. The summed E-state index contributed by atoms with van der Waals surface area (Å²) in [5.41, 5.74) is -0.0683. The van der Waals surface area contributed by atoms with Crippen molar-refractivity contribution in [2.75, 3.05) is 20.2 Å². The smallest absolute Gasteiger partial charge is 0.339 e. The summed E-state index contributed by atoms with van der Waals surface area (Å²) in [6.45, 7) is 1.45. The van der Waals surface area contributed by atoms with Gasteiger partial charge in [0.2, 0.25) is 10.0 Å². The van der Waals surface area contributed by atoms with Gasteiger partial charge >= 0.3 is 5.97 Å². The molecule has 0 aliphatic carbocycles. The van der Waals surface area contributed by atoms with Crippen LogP contribution in [0.5, 0.6) is 0 Å². The molecule has 1 aliphatic rings. The van der Waals surface area contributed by atoms with Gasteiger partial charge in [-0.1, -0.05) is 11.6 Å². The third-order valence-corrected chi connectivity index (χ3v) is 5.07. The Balaban J connectivity index is 2.32. The van der Waals surface area contributed by atoms with Crippen LogP contribution in [-0.2, 0) is 14.8 Å². The molecule has 116 valence electrons. The molecular weight excluding hydrogens is 316 g/mol. The van der Waals surface area contributed by atoms with E-state index in [1.807, 2.05) is 0 Å². The minimum atomic E-state index is -3.81. The Morgan fingerprint density at radius 2 is 2.24 bits per heavy atom. The number of nitrogens with one attached hydrogen (secondary N) is 2. The molecule has 1 saturated heterocycles. The lowest BCUT2D eigenvalue weighted by Gasteiger charge is -2.24. The number of piperidine rings is 1. The first-order valence-electron chi connectivity index (χ1n) is 6.55. The van der Waals surface area contributed by atoms with Crippen LogP contribution < -0.4 is 10.0 Å². The van der Waals surface area contributed by atoms with E-state index >= 15 is 0 Å². The molecule has 1 unspecified atom stereocenters. The Bertz CT molecular complexity index is 627. The van der Waals surface area contributed by atoms with Crippen molar-refractivity contribution in [2.45, 2.75) is 23.8 Å². The topological polar surface area (TPSA) is 84.5 Å². The third-order valence-electron chi connectivity index (χ3n) is 3.26. The summed E-state index contributed by atoms with van der Waals surface area (Å²) in [6, 6.07) is 3.85. The maximum atomic E-state index is 12.5. The van der Waals surface area contributed by atoms with Crippen molar-refractivity contribution in [2.24, 2.45) is 0 Å². The van der Waals surface area contributed by atoms with Crippen molar-refractivity contribution in [1.29, 1.82) is 0 Å². The highest BCUT2D eigenvalue weighted by Crippen LogP contribution is 2.22. The number of sulfonamides is 1. The van der Waals surface area contributed by atoms with Gasteiger partial charge in [-0.05, 0) is 37.6 Å². The fourth-order valence-corrected chi connectivity index (χ4v) is 3.86. The van der Waals surface area contributed by atoms with Crippen LogP contribution >= 0.6 is 11.6 Å². The normalized spacial score (nSPS) is 19.2. The molecule has 6 nitrogen and oxygen atoms in total. The van der Waals surface area contributed by atoms with E-state index in [4.69, 9.17) is 11.6 Å². The maximum absolute atomic E-state index is 12.5. The zero-order chi connectivity index (χ0) is 15.5. The highest BCUT2D eigenvalue weighted by atomic mass is 35.5. The second-order valence-electron chi connectivity index (χ2n) is 4.80. The molecule has 1 aromatic carbocycles. The van der Waals surface area contributed by atoms with Gasteiger partial charge in [0.25, 0.3) is 0 Å². The molecule has 0 amide bonds. The number of esters is 1. The molecule has 0 aromatic heterocycles. The molecule has 2 rings (SSSR count). The van der Waals surface area contributed by atoms with Gasteiger partial charge in [0, 0.05) is 17.6 Å². The second kappa shape index (κ2) is 6.74. The summed E-state index contributed by atoms with van der Waals surface area (Å²) < 4.78 is 32.2. The molecule has 0 bridgehead atoms. The first-order valence-corrected chi connectivity index (χ1v) is 8.41. The van der Waals surface area contributed by atoms with Gasteiger partial charge < -0.3 is 10.1 Å². The minimum absolute atomic E-state index is 0.0683. The molecule has 21 heavy (non-hydrogen) atoms. The molecule has 1 aliphatic heterocycles. The van der Waals surface area contributed by atoms with Crippen LogP contribution in [-0.4, -0.2) is 40.6 Å². The predicted molar refractivity (Wildman–Crippen MR) is 79.0 cm³/mol. The minimum Gasteiger partial charge on any atom is -0.465 e. The van der Waals surface area contributed by atoms with Gasteiger partial charge in [0.05, 0.1) is 17.6 Å². The van der Waals surface area contributed by atoms with Gasteiger partial charge in [-0.25, -0.2) is 17.9 Å². The van der Waals surface area contributed by atoms with Crippen molar-refractivity contribution in [3.8, 4) is 0 Å². The number of benzene rings is 1. The van der Waals surface area contributed by atoms with E-state index in [2.05, 4.69) is 14.8 Å². The highest BCUT2D eigenvalue weighted by Gasteiger charge is 2.26. The van der Waals surface area contributed by atoms with E-state index in [0.717, 1.165) is 19.4 Å². The van der Waals surface area contributed by atoms with E-state index in [1.165, 1.54) is 25.3 Å². The molecule has 0 saturated carbocycles. The van der Waals surface area contributed by atoms with Crippen LogP contribution in [0.4, 0.5) is 0 Å². The molecule has 0 spiro atoms. The predicted octanol–water partition coefficient (Wildman–Crippen LogP) is 1.16. The van der Waals surface area contributed by atoms with Gasteiger partial charge in [-0.2, -0.15) is 0 Å². The van der Waals surface area contributed by atoms with Gasteiger partial charge in [0.1, 0.15) is 0 Å². The standard InChI is InChI=1S/C13H17ClN2O4S/c1-20-13(17)11-7-9(14)4-5-12(11)21(18,19)16-10-3-2-6-15-8-10/h4-5,7,10,15-16H,2-3,6,8H2,1H3. The Kier molecular flexibility index (Phi) is 5.21. The lowest BCUT2D eigenvalue weighted by Crippen LogP contribution is -2.45. The van der Waals surface area contributed by atoms with E-state index < -0.39 is 16.0 Å². The van der Waals surface area contributed by atoms with E-state index in [1.54, 1.807) is 0 Å². The number of hydrogen-bond donors (Lipinski definition) is 2. The van der Waals surface area contributed by atoms with Crippen LogP contribution in [0.25, 0.3) is 0 Å². The number of carbonyl (C=O) groups excluding carboxylic acids is 1. The number of rotatable bonds is 4. The number of carbonyl (C=O) groups is 1. The molecule has 1 atom stereocenters. The first kappa shape index (κ1) is 16.2. The SMILES string of the molecule is COC(=O)c1cc(Cl)ccc1S(=O)(=O)NC1CCCNC1. The van der Waals surface area contributed by atoms with Gasteiger partial charge in [-0.15, -0.1) is 0 Å². The molecule has 1 fully saturated rings. The fraction of sp³-hybridized carbons (Fsp3) is 0.462. The van der Waals surface area contributed by atoms with Gasteiger partial charge in [0.15, 0.2) is 0 Å². The first-order chi connectivity index (χ1) is 9.94. The lowest BCUT2D eigenvalue weighted by molar-refractivity contribution is 0.0596. The maximum Gasteiger partial charge on any atom is 0.339 e. The Morgan fingerprint density at radius 3 is 2.86 bits per heavy atom. The van der Waals surface area contributed by atoms with Crippen molar-refractivity contribution in [3.05, 3.63) is 28.8 Å². The molecule has 0 radical (unpaired) electrons. The molecule has 1 aromatic rings. The summed E-state index contributed by atoms with van der Waals surface area (Å²) in [5.74, 6) is -0.736. The van der Waals surface area contributed by atoms with Crippen LogP contribution in [0.1, 0.15) is 23.2 Å². The number of halogens is 1. The second-order valence-corrected chi connectivity index (χ2v) is 6.92. The Morgan fingerprint density at radius 1 is 1.48 bits per heavy atom. The number of ether oxygens (including phenoxy) is 1.